The Morgan fingerprint density at radius 1 is 1.07 bits per heavy atom. The van der Waals surface area contributed by atoms with Crippen LogP contribution in [0.4, 0.5) is 0 Å². The van der Waals surface area contributed by atoms with Gasteiger partial charge in [0.25, 0.3) is 5.91 Å². The summed E-state index contributed by atoms with van der Waals surface area (Å²) in [5, 5.41) is 2.89. The van der Waals surface area contributed by atoms with Crippen LogP contribution in [-0.2, 0) is 16.6 Å². The van der Waals surface area contributed by atoms with Crippen LogP contribution in [0, 0.1) is 6.92 Å². The molecule has 0 atom stereocenters. The highest BCUT2D eigenvalue weighted by Gasteiger charge is 2.21. The lowest BCUT2D eigenvalue weighted by Gasteiger charge is -2.18. The van der Waals surface area contributed by atoms with E-state index >= 15 is 0 Å². The van der Waals surface area contributed by atoms with Gasteiger partial charge in [0.15, 0.2) is 0 Å². The van der Waals surface area contributed by atoms with E-state index in [-0.39, 0.29) is 10.8 Å². The van der Waals surface area contributed by atoms with Gasteiger partial charge in [-0.15, -0.1) is 0 Å². The molecule has 0 bridgehead atoms. The Hall–Kier alpha value is -2.71. The van der Waals surface area contributed by atoms with Gasteiger partial charge in [0.1, 0.15) is 5.82 Å². The zero-order chi connectivity index (χ0) is 21.0. The molecule has 2 aromatic carbocycles. The predicted molar refractivity (Wildman–Crippen MR) is 113 cm³/mol. The molecule has 0 spiro atoms. The van der Waals surface area contributed by atoms with E-state index in [0.717, 1.165) is 16.9 Å². The maximum atomic E-state index is 12.5. The lowest BCUT2D eigenvalue weighted by molar-refractivity contribution is 0.0952. The Morgan fingerprint density at radius 3 is 2.38 bits per heavy atom. The normalized spacial score (nSPS) is 11.9. The van der Waals surface area contributed by atoms with Crippen LogP contribution in [0.3, 0.4) is 0 Å². The Morgan fingerprint density at radius 2 is 1.72 bits per heavy atom. The lowest BCUT2D eigenvalue weighted by Crippen LogP contribution is -2.31. The molecule has 0 aliphatic heterocycles. The van der Waals surface area contributed by atoms with Crippen LogP contribution >= 0.6 is 0 Å². The molecule has 8 heteroatoms. The van der Waals surface area contributed by atoms with Crippen molar-refractivity contribution in [1.29, 1.82) is 0 Å². The first-order valence-electron chi connectivity index (χ1n) is 9.68. The largest absolute Gasteiger partial charge is 0.350 e. The van der Waals surface area contributed by atoms with Gasteiger partial charge in [-0.2, -0.15) is 4.31 Å². The third kappa shape index (κ3) is 4.33. The summed E-state index contributed by atoms with van der Waals surface area (Å²) >= 11 is 0. The summed E-state index contributed by atoms with van der Waals surface area (Å²) in [5.74, 6) is 0.658. The number of imidazole rings is 1. The number of hydrogen-bond donors (Lipinski definition) is 1. The highest BCUT2D eigenvalue weighted by atomic mass is 32.2. The third-order valence-electron chi connectivity index (χ3n) is 4.93. The maximum Gasteiger partial charge on any atom is 0.251 e. The molecule has 3 rings (SSSR count). The second-order valence-corrected chi connectivity index (χ2v) is 8.61. The molecule has 7 nitrogen and oxygen atoms in total. The average Bonchev–Trinajstić information content (AvgIpc) is 3.04. The van der Waals surface area contributed by atoms with Crippen molar-refractivity contribution < 1.29 is 13.2 Å². The molecule has 0 aliphatic rings. The summed E-state index contributed by atoms with van der Waals surface area (Å²) in [6, 6.07) is 13.9. The quantitative estimate of drug-likeness (QED) is 0.614. The second-order valence-electron chi connectivity index (χ2n) is 6.67. The number of aromatic nitrogens is 2. The summed E-state index contributed by atoms with van der Waals surface area (Å²) < 4.78 is 28.5. The summed E-state index contributed by atoms with van der Waals surface area (Å²) in [4.78, 5) is 17.1. The summed E-state index contributed by atoms with van der Waals surface area (Å²) in [7, 11) is -3.52. The van der Waals surface area contributed by atoms with Gasteiger partial charge in [-0.25, -0.2) is 13.4 Å². The zero-order valence-electron chi connectivity index (χ0n) is 16.9. The molecule has 0 fully saturated rings. The predicted octanol–water partition coefficient (Wildman–Crippen LogP) is 2.81. The standard InChI is InChI=1S/C21H26N4O3S/c1-4-24(5-2)29(27,28)18-12-10-17(11-13-18)21(26)22-14-15-25-16(3)23-19-8-6-7-9-20(19)25/h6-13H,4-5,14-15H2,1-3H3,(H,22,26). The molecule has 1 aromatic heterocycles. The molecule has 0 unspecified atom stereocenters. The van der Waals surface area contributed by atoms with E-state index in [1.54, 1.807) is 26.0 Å². The van der Waals surface area contributed by atoms with Crippen molar-refractivity contribution in [2.24, 2.45) is 0 Å². The average molecular weight is 415 g/mol. The first-order valence-corrected chi connectivity index (χ1v) is 11.1. The van der Waals surface area contributed by atoms with Gasteiger partial charge >= 0.3 is 0 Å². The summed E-state index contributed by atoms with van der Waals surface area (Å²) in [6.45, 7) is 7.40. The van der Waals surface area contributed by atoms with Gasteiger partial charge in [0, 0.05) is 31.7 Å². The van der Waals surface area contributed by atoms with Crippen LogP contribution in [0.5, 0.6) is 0 Å². The van der Waals surface area contributed by atoms with E-state index in [1.165, 1.54) is 16.4 Å². The van der Waals surface area contributed by atoms with Crippen LogP contribution in [-0.4, -0.2) is 47.8 Å². The SMILES string of the molecule is CCN(CC)S(=O)(=O)c1ccc(C(=O)NCCn2c(C)nc3ccccc32)cc1. The van der Waals surface area contributed by atoms with E-state index < -0.39 is 10.0 Å². The highest BCUT2D eigenvalue weighted by molar-refractivity contribution is 7.89. The smallest absolute Gasteiger partial charge is 0.251 e. The highest BCUT2D eigenvalue weighted by Crippen LogP contribution is 2.17. The number of amides is 1. The Balaban J connectivity index is 1.65. The fourth-order valence-corrected chi connectivity index (χ4v) is 4.81. The van der Waals surface area contributed by atoms with Crippen LogP contribution < -0.4 is 5.32 Å². The number of sulfonamides is 1. The number of nitrogens with one attached hydrogen (secondary N) is 1. The summed E-state index contributed by atoms with van der Waals surface area (Å²) in [5.41, 5.74) is 2.39. The molecule has 0 saturated heterocycles. The van der Waals surface area contributed by atoms with Crippen LogP contribution in [0.2, 0.25) is 0 Å². The van der Waals surface area contributed by atoms with Crippen molar-refractivity contribution in [2.45, 2.75) is 32.2 Å². The molecule has 1 heterocycles. The van der Waals surface area contributed by atoms with E-state index in [4.69, 9.17) is 0 Å². The van der Waals surface area contributed by atoms with Crippen LogP contribution in [0.25, 0.3) is 11.0 Å². The van der Waals surface area contributed by atoms with Crippen LogP contribution in [0.15, 0.2) is 53.4 Å². The molecule has 3 aromatic rings. The van der Waals surface area contributed by atoms with Crippen molar-refractivity contribution >= 4 is 27.0 Å². The molecule has 1 amide bonds. The molecular weight excluding hydrogens is 388 g/mol. The Labute approximate surface area is 171 Å². The molecule has 1 N–H and O–H groups in total. The van der Waals surface area contributed by atoms with E-state index in [0.29, 0.717) is 31.7 Å². The molecular formula is C21H26N4O3S. The molecule has 0 aliphatic carbocycles. The number of rotatable bonds is 8. The fraction of sp³-hybridized carbons (Fsp3) is 0.333. The van der Waals surface area contributed by atoms with Gasteiger partial charge in [0.2, 0.25) is 10.0 Å². The number of para-hydroxylation sites is 2. The second kappa shape index (κ2) is 8.75. The Kier molecular flexibility index (Phi) is 6.34. The number of benzene rings is 2. The summed E-state index contributed by atoms with van der Waals surface area (Å²) in [6.07, 6.45) is 0. The van der Waals surface area contributed by atoms with Gasteiger partial charge in [0.05, 0.1) is 15.9 Å². The van der Waals surface area contributed by atoms with Gasteiger partial charge in [-0.1, -0.05) is 26.0 Å². The molecule has 29 heavy (non-hydrogen) atoms. The first kappa shape index (κ1) is 21.0. The van der Waals surface area contributed by atoms with Crippen LogP contribution in [0.1, 0.15) is 30.0 Å². The van der Waals surface area contributed by atoms with Gasteiger partial charge in [-0.05, 0) is 43.3 Å². The number of carbonyl (C=O) groups is 1. The number of carbonyl (C=O) groups excluding carboxylic acids is 1. The lowest BCUT2D eigenvalue weighted by atomic mass is 10.2. The van der Waals surface area contributed by atoms with Gasteiger partial charge < -0.3 is 9.88 Å². The topological polar surface area (TPSA) is 84.3 Å². The zero-order valence-corrected chi connectivity index (χ0v) is 17.7. The minimum Gasteiger partial charge on any atom is -0.350 e. The Bertz CT molecular complexity index is 1100. The van der Waals surface area contributed by atoms with Crippen molar-refractivity contribution in [1.82, 2.24) is 19.2 Å². The van der Waals surface area contributed by atoms with E-state index in [9.17, 15) is 13.2 Å². The number of nitrogens with zero attached hydrogens (tertiary/aromatic N) is 3. The van der Waals surface area contributed by atoms with Crippen molar-refractivity contribution in [3.63, 3.8) is 0 Å². The number of hydrogen-bond acceptors (Lipinski definition) is 4. The first-order chi connectivity index (χ1) is 13.9. The minimum absolute atomic E-state index is 0.193. The molecule has 154 valence electrons. The van der Waals surface area contributed by atoms with Crippen molar-refractivity contribution in [3.8, 4) is 0 Å². The molecule has 0 radical (unpaired) electrons. The van der Waals surface area contributed by atoms with Crippen molar-refractivity contribution in [3.05, 3.63) is 59.9 Å². The van der Waals surface area contributed by atoms with Crippen molar-refractivity contribution in [2.75, 3.05) is 19.6 Å². The maximum absolute atomic E-state index is 12.5. The number of aryl methyl sites for hydroxylation is 1. The monoisotopic (exact) mass is 414 g/mol. The minimum atomic E-state index is -3.52. The fourth-order valence-electron chi connectivity index (χ4n) is 3.35. The van der Waals surface area contributed by atoms with Gasteiger partial charge in [-0.3, -0.25) is 4.79 Å². The number of fused-ring (bicyclic) bond motifs is 1. The molecule has 0 saturated carbocycles. The third-order valence-corrected chi connectivity index (χ3v) is 6.99. The van der Waals surface area contributed by atoms with E-state index in [1.807, 2.05) is 31.2 Å². The van der Waals surface area contributed by atoms with E-state index in [2.05, 4.69) is 14.9 Å².